The van der Waals surface area contributed by atoms with Gasteiger partial charge in [0.1, 0.15) is 6.17 Å². The number of pyridine rings is 1. The van der Waals surface area contributed by atoms with Crippen LogP contribution in [0.1, 0.15) is 44.6 Å². The molecule has 1 unspecified atom stereocenters. The molecule has 0 saturated heterocycles. The van der Waals surface area contributed by atoms with Crippen molar-refractivity contribution >= 4 is 23.4 Å². The largest absolute Gasteiger partial charge is 0.493 e. The van der Waals surface area contributed by atoms with E-state index in [9.17, 15) is 14.4 Å². The molecule has 0 radical (unpaired) electrons. The molecule has 0 bridgehead atoms. The standard InChI is InChI=1S/C27H26N4O5/c1-35-21-11-10-19-23(24(21)36-2)27(34)31-20-9-4-3-8-18(20)26(33)30(25(19)31)16-13-22(32)29-15-12-17-7-5-6-14-28-17/h3-11,14,25H,12-13,15-16H2,1-2H3,(H,29,32). The number of nitrogens with one attached hydrogen (secondary N) is 1. The highest BCUT2D eigenvalue weighted by Gasteiger charge is 2.49. The van der Waals surface area contributed by atoms with E-state index in [-0.39, 0.29) is 30.7 Å². The zero-order valence-corrected chi connectivity index (χ0v) is 20.1. The van der Waals surface area contributed by atoms with Gasteiger partial charge in [-0.2, -0.15) is 0 Å². The summed E-state index contributed by atoms with van der Waals surface area (Å²) in [6.07, 6.45) is 1.74. The van der Waals surface area contributed by atoms with Crippen LogP contribution in [-0.4, -0.2) is 54.9 Å². The lowest BCUT2D eigenvalue weighted by Gasteiger charge is -2.40. The molecule has 36 heavy (non-hydrogen) atoms. The average molecular weight is 487 g/mol. The molecule has 3 heterocycles. The van der Waals surface area contributed by atoms with E-state index in [0.29, 0.717) is 46.8 Å². The maximum absolute atomic E-state index is 13.7. The Labute approximate surface area is 208 Å². The summed E-state index contributed by atoms with van der Waals surface area (Å²) in [5.41, 5.74) is 2.83. The van der Waals surface area contributed by atoms with Crippen molar-refractivity contribution in [2.45, 2.75) is 19.0 Å². The SMILES string of the molecule is COc1ccc2c(c1OC)C(=O)N1c3ccccc3C(=O)N(CCC(=O)NCCc3ccccn3)C21. The topological polar surface area (TPSA) is 101 Å². The zero-order valence-electron chi connectivity index (χ0n) is 20.1. The van der Waals surface area contributed by atoms with E-state index < -0.39 is 6.17 Å². The Balaban J connectivity index is 1.41. The van der Waals surface area contributed by atoms with E-state index in [1.807, 2.05) is 18.2 Å². The lowest BCUT2D eigenvalue weighted by atomic mass is 10.0. The van der Waals surface area contributed by atoms with Crippen LogP contribution in [-0.2, 0) is 11.2 Å². The summed E-state index contributed by atoms with van der Waals surface area (Å²) in [5.74, 6) is 0.0644. The van der Waals surface area contributed by atoms with Gasteiger partial charge in [0.25, 0.3) is 11.8 Å². The highest BCUT2D eigenvalue weighted by Crippen LogP contribution is 2.49. The Morgan fingerprint density at radius 2 is 1.81 bits per heavy atom. The molecule has 0 spiro atoms. The van der Waals surface area contributed by atoms with Gasteiger partial charge in [0.2, 0.25) is 5.91 Å². The minimum Gasteiger partial charge on any atom is -0.493 e. The van der Waals surface area contributed by atoms with E-state index in [1.165, 1.54) is 14.2 Å². The lowest BCUT2D eigenvalue weighted by molar-refractivity contribution is -0.121. The Hall–Kier alpha value is -4.40. The Morgan fingerprint density at radius 3 is 2.56 bits per heavy atom. The summed E-state index contributed by atoms with van der Waals surface area (Å²) in [4.78, 5) is 47.3. The molecule has 3 aromatic rings. The van der Waals surface area contributed by atoms with Gasteiger partial charge in [-0.1, -0.05) is 24.3 Å². The maximum atomic E-state index is 13.7. The van der Waals surface area contributed by atoms with Crippen LogP contribution < -0.4 is 19.7 Å². The minimum absolute atomic E-state index is 0.0945. The number of methoxy groups -OCH3 is 2. The van der Waals surface area contributed by atoms with E-state index >= 15 is 0 Å². The predicted octanol–water partition coefficient (Wildman–Crippen LogP) is 2.96. The third kappa shape index (κ3) is 3.92. The van der Waals surface area contributed by atoms with Crippen molar-refractivity contribution in [3.8, 4) is 11.5 Å². The summed E-state index contributed by atoms with van der Waals surface area (Å²) in [6, 6.07) is 16.2. The molecule has 1 N–H and O–H groups in total. The number of para-hydroxylation sites is 1. The summed E-state index contributed by atoms with van der Waals surface area (Å²) in [7, 11) is 2.99. The number of carbonyl (C=O) groups excluding carboxylic acids is 3. The molecular formula is C27H26N4O5. The van der Waals surface area contributed by atoms with Gasteiger partial charge in [-0.15, -0.1) is 0 Å². The van der Waals surface area contributed by atoms with Crippen molar-refractivity contribution in [1.29, 1.82) is 0 Å². The number of hydrogen-bond donors (Lipinski definition) is 1. The molecule has 0 fully saturated rings. The van der Waals surface area contributed by atoms with Crippen molar-refractivity contribution in [1.82, 2.24) is 15.2 Å². The quantitative estimate of drug-likeness (QED) is 0.525. The first kappa shape index (κ1) is 23.3. The Kier molecular flexibility index (Phi) is 6.28. The average Bonchev–Trinajstić information content (AvgIpc) is 3.21. The van der Waals surface area contributed by atoms with Crippen LogP contribution >= 0.6 is 0 Å². The second-order valence-electron chi connectivity index (χ2n) is 8.50. The van der Waals surface area contributed by atoms with Crippen LogP contribution in [0.4, 0.5) is 5.69 Å². The number of carbonyl (C=O) groups is 3. The normalized spacial score (nSPS) is 15.8. The van der Waals surface area contributed by atoms with Crippen molar-refractivity contribution < 1.29 is 23.9 Å². The minimum atomic E-state index is -0.684. The number of aromatic nitrogens is 1. The highest BCUT2D eigenvalue weighted by molar-refractivity contribution is 6.18. The number of anilines is 1. The molecule has 5 rings (SSSR count). The number of amides is 3. The molecule has 2 aliphatic rings. The summed E-state index contributed by atoms with van der Waals surface area (Å²) < 4.78 is 10.9. The van der Waals surface area contributed by atoms with Crippen LogP contribution in [0.5, 0.6) is 11.5 Å². The van der Waals surface area contributed by atoms with Gasteiger partial charge in [-0.05, 0) is 30.3 Å². The first-order valence-corrected chi connectivity index (χ1v) is 11.7. The zero-order chi connectivity index (χ0) is 25.2. The van der Waals surface area contributed by atoms with Gasteiger partial charge in [0.15, 0.2) is 11.5 Å². The second kappa shape index (κ2) is 9.69. The summed E-state index contributed by atoms with van der Waals surface area (Å²) in [6.45, 7) is 0.589. The molecule has 2 aromatic carbocycles. The lowest BCUT2D eigenvalue weighted by Crippen LogP contribution is -2.49. The van der Waals surface area contributed by atoms with Crippen LogP contribution in [0.3, 0.4) is 0 Å². The number of benzene rings is 2. The van der Waals surface area contributed by atoms with Gasteiger partial charge in [0.05, 0.1) is 31.0 Å². The Bertz CT molecular complexity index is 1330. The number of fused-ring (bicyclic) bond motifs is 5. The van der Waals surface area contributed by atoms with Gasteiger partial charge in [0, 0.05) is 43.4 Å². The Morgan fingerprint density at radius 1 is 1.00 bits per heavy atom. The predicted molar refractivity (Wildman–Crippen MR) is 132 cm³/mol. The van der Waals surface area contributed by atoms with Gasteiger partial charge >= 0.3 is 0 Å². The number of hydrogen-bond acceptors (Lipinski definition) is 6. The monoisotopic (exact) mass is 486 g/mol. The number of ether oxygens (including phenoxy) is 2. The maximum Gasteiger partial charge on any atom is 0.264 e. The number of rotatable bonds is 8. The van der Waals surface area contributed by atoms with Crippen molar-refractivity contribution in [2.24, 2.45) is 0 Å². The fourth-order valence-electron chi connectivity index (χ4n) is 4.84. The van der Waals surface area contributed by atoms with E-state index in [2.05, 4.69) is 10.3 Å². The third-order valence-corrected chi connectivity index (χ3v) is 6.49. The van der Waals surface area contributed by atoms with Crippen LogP contribution in [0.15, 0.2) is 60.8 Å². The highest BCUT2D eigenvalue weighted by atomic mass is 16.5. The van der Waals surface area contributed by atoms with Crippen molar-refractivity contribution in [3.63, 3.8) is 0 Å². The van der Waals surface area contributed by atoms with E-state index in [4.69, 9.17) is 9.47 Å². The molecule has 1 atom stereocenters. The van der Waals surface area contributed by atoms with Crippen LogP contribution in [0.25, 0.3) is 0 Å². The van der Waals surface area contributed by atoms with Crippen LogP contribution in [0.2, 0.25) is 0 Å². The summed E-state index contributed by atoms with van der Waals surface area (Å²) >= 11 is 0. The van der Waals surface area contributed by atoms with Gasteiger partial charge in [-0.3, -0.25) is 24.3 Å². The smallest absolute Gasteiger partial charge is 0.264 e. The fraction of sp³-hybridized carbons (Fsp3) is 0.259. The van der Waals surface area contributed by atoms with Crippen molar-refractivity contribution in [3.05, 3.63) is 83.2 Å². The molecule has 3 amide bonds. The summed E-state index contributed by atoms with van der Waals surface area (Å²) in [5, 5.41) is 2.89. The number of nitrogens with zero attached hydrogens (tertiary/aromatic N) is 3. The molecule has 9 nitrogen and oxygen atoms in total. The second-order valence-corrected chi connectivity index (χ2v) is 8.50. The molecule has 184 valence electrons. The first-order valence-electron chi connectivity index (χ1n) is 11.7. The molecule has 0 aliphatic carbocycles. The van der Waals surface area contributed by atoms with Crippen LogP contribution in [0, 0.1) is 0 Å². The van der Waals surface area contributed by atoms with E-state index in [1.54, 1.807) is 52.4 Å². The molecular weight excluding hydrogens is 460 g/mol. The molecule has 1 aromatic heterocycles. The molecule has 2 aliphatic heterocycles. The fourth-order valence-corrected chi connectivity index (χ4v) is 4.84. The van der Waals surface area contributed by atoms with Crippen molar-refractivity contribution in [2.75, 3.05) is 32.2 Å². The van der Waals surface area contributed by atoms with Gasteiger partial charge < -0.3 is 19.7 Å². The first-order chi connectivity index (χ1) is 17.5. The van der Waals surface area contributed by atoms with Gasteiger partial charge in [-0.25, -0.2) is 0 Å². The molecule has 0 saturated carbocycles. The van der Waals surface area contributed by atoms with E-state index in [0.717, 1.165) is 5.69 Å². The molecule has 9 heteroatoms. The third-order valence-electron chi connectivity index (χ3n) is 6.49.